The van der Waals surface area contributed by atoms with Crippen LogP contribution in [0, 0.1) is 0 Å². The van der Waals surface area contributed by atoms with Crippen LogP contribution >= 0.6 is 0 Å². The van der Waals surface area contributed by atoms with Gasteiger partial charge in [0.25, 0.3) is 0 Å². The van der Waals surface area contributed by atoms with E-state index in [1.807, 2.05) is 42.5 Å². The van der Waals surface area contributed by atoms with Crippen LogP contribution < -0.4 is 9.47 Å². The zero-order valence-electron chi connectivity index (χ0n) is 29.7. The van der Waals surface area contributed by atoms with Crippen LogP contribution in [0.3, 0.4) is 0 Å². The summed E-state index contributed by atoms with van der Waals surface area (Å²) in [6, 6.07) is 67.7. The summed E-state index contributed by atoms with van der Waals surface area (Å²) in [5, 5.41) is 1.03. The Morgan fingerprint density at radius 3 is 1.71 bits per heavy atom. The number of para-hydroxylation sites is 1. The summed E-state index contributed by atoms with van der Waals surface area (Å²) >= 11 is 0. The normalized spacial score (nSPS) is 13.2. The Morgan fingerprint density at radius 1 is 0.364 bits per heavy atom. The van der Waals surface area contributed by atoms with Crippen molar-refractivity contribution in [3.63, 3.8) is 0 Å². The van der Waals surface area contributed by atoms with Gasteiger partial charge >= 0.3 is 0 Å². The molecule has 11 rings (SSSR count). The Bertz CT molecular complexity index is 2870. The van der Waals surface area contributed by atoms with E-state index in [4.69, 9.17) is 19.4 Å². The minimum Gasteiger partial charge on any atom is -0.450 e. The van der Waals surface area contributed by atoms with Crippen molar-refractivity contribution in [2.45, 2.75) is 5.41 Å². The van der Waals surface area contributed by atoms with Gasteiger partial charge in [-0.2, -0.15) is 0 Å². The largest absolute Gasteiger partial charge is 0.450 e. The molecule has 258 valence electrons. The molecule has 55 heavy (non-hydrogen) atoms. The molecule has 1 aliphatic heterocycles. The van der Waals surface area contributed by atoms with Gasteiger partial charge < -0.3 is 9.47 Å². The summed E-state index contributed by atoms with van der Waals surface area (Å²) in [4.78, 5) is 10.0. The van der Waals surface area contributed by atoms with Gasteiger partial charge in [0.2, 0.25) is 0 Å². The Hall–Kier alpha value is -7.30. The van der Waals surface area contributed by atoms with Gasteiger partial charge in [-0.1, -0.05) is 164 Å². The number of aromatic nitrogens is 2. The van der Waals surface area contributed by atoms with E-state index in [0.29, 0.717) is 28.8 Å². The van der Waals surface area contributed by atoms with Crippen molar-refractivity contribution >= 4 is 10.9 Å². The SMILES string of the molecule is c1ccc(-c2nc(-c3ccc(-c4ccc5c(c4)Oc4cc6c(cc4O5)C(c4ccccc4)(c4ccccc4)c4ccccc4-6)cc3)nc3ccccc23)cc1. The van der Waals surface area contributed by atoms with E-state index in [1.165, 1.54) is 27.8 Å². The topological polar surface area (TPSA) is 44.2 Å². The molecule has 0 saturated carbocycles. The van der Waals surface area contributed by atoms with E-state index in [0.717, 1.165) is 44.4 Å². The fourth-order valence-electron chi connectivity index (χ4n) is 8.53. The van der Waals surface area contributed by atoms with Crippen LogP contribution in [0.25, 0.3) is 55.8 Å². The van der Waals surface area contributed by atoms with Crippen LogP contribution in [-0.4, -0.2) is 9.97 Å². The van der Waals surface area contributed by atoms with Gasteiger partial charge in [-0.25, -0.2) is 9.97 Å². The van der Waals surface area contributed by atoms with Gasteiger partial charge in [-0.05, 0) is 74.8 Å². The molecule has 0 unspecified atom stereocenters. The summed E-state index contributed by atoms with van der Waals surface area (Å²) in [5.41, 5.74) is 12.6. The van der Waals surface area contributed by atoms with Crippen LogP contribution in [0.1, 0.15) is 22.3 Å². The average molecular weight is 705 g/mol. The van der Waals surface area contributed by atoms with E-state index >= 15 is 0 Å². The molecule has 4 nitrogen and oxygen atoms in total. The smallest absolute Gasteiger partial charge is 0.170 e. The lowest BCUT2D eigenvalue weighted by Crippen LogP contribution is -2.28. The third-order valence-electron chi connectivity index (χ3n) is 11.0. The molecule has 1 aliphatic carbocycles. The predicted molar refractivity (Wildman–Crippen MR) is 220 cm³/mol. The van der Waals surface area contributed by atoms with Gasteiger partial charge in [0.05, 0.1) is 16.6 Å². The first-order valence-electron chi connectivity index (χ1n) is 18.6. The predicted octanol–water partition coefficient (Wildman–Crippen LogP) is 12.9. The third-order valence-corrected chi connectivity index (χ3v) is 11.0. The quantitative estimate of drug-likeness (QED) is 0.179. The maximum Gasteiger partial charge on any atom is 0.170 e. The van der Waals surface area contributed by atoms with Gasteiger partial charge in [0.1, 0.15) is 0 Å². The zero-order chi connectivity index (χ0) is 36.3. The van der Waals surface area contributed by atoms with E-state index in [1.54, 1.807) is 0 Å². The number of rotatable bonds is 5. The third kappa shape index (κ3) is 4.92. The lowest BCUT2D eigenvalue weighted by Gasteiger charge is -2.34. The number of ether oxygens (including phenoxy) is 2. The first kappa shape index (κ1) is 31.2. The fourth-order valence-corrected chi connectivity index (χ4v) is 8.53. The molecule has 0 N–H and O–H groups in total. The number of nitrogens with zero attached hydrogens (tertiary/aromatic N) is 2. The molecule has 0 radical (unpaired) electrons. The van der Waals surface area contributed by atoms with Crippen molar-refractivity contribution in [3.8, 4) is 67.9 Å². The van der Waals surface area contributed by atoms with Crippen molar-refractivity contribution in [3.05, 3.63) is 216 Å². The number of benzene rings is 8. The molecule has 8 aromatic carbocycles. The van der Waals surface area contributed by atoms with Crippen molar-refractivity contribution in [2.24, 2.45) is 0 Å². The fraction of sp³-hybridized carbons (Fsp3) is 0.0196. The van der Waals surface area contributed by atoms with Crippen LogP contribution in [0.4, 0.5) is 0 Å². The molecular formula is C51H32N2O2. The second kappa shape index (κ2) is 12.4. The number of hydrogen-bond acceptors (Lipinski definition) is 4. The van der Waals surface area contributed by atoms with Crippen molar-refractivity contribution in [1.29, 1.82) is 0 Å². The molecule has 0 fully saturated rings. The monoisotopic (exact) mass is 704 g/mol. The van der Waals surface area contributed by atoms with E-state index in [-0.39, 0.29) is 0 Å². The minimum absolute atomic E-state index is 0.510. The standard InChI is InChI=1S/C51H32N2O2/c1-4-14-34(15-5-1)49-40-21-11-13-23-44(40)52-50(53-49)35-26-24-33(25-27-35)36-28-29-45-46(30-36)55-47-31-41-39-20-10-12-22-42(39)51(37-16-6-2-7-17-37,38-18-8-3-9-19-38)43(41)32-48(47)54-45/h1-32H. The number of hydrogen-bond donors (Lipinski definition) is 0. The Kier molecular flexibility index (Phi) is 7.04. The highest BCUT2D eigenvalue weighted by molar-refractivity contribution is 5.94. The van der Waals surface area contributed by atoms with Crippen LogP contribution in [0.2, 0.25) is 0 Å². The zero-order valence-corrected chi connectivity index (χ0v) is 29.7. The number of fused-ring (bicyclic) bond motifs is 6. The van der Waals surface area contributed by atoms with Crippen LogP contribution in [0.15, 0.2) is 194 Å². The van der Waals surface area contributed by atoms with Gasteiger partial charge in [-0.15, -0.1) is 0 Å². The summed E-state index contributed by atoms with van der Waals surface area (Å²) in [7, 11) is 0. The highest BCUT2D eigenvalue weighted by atomic mass is 16.6. The minimum atomic E-state index is -0.510. The molecule has 4 heteroatoms. The molecule has 2 aliphatic rings. The van der Waals surface area contributed by atoms with Crippen LogP contribution in [0.5, 0.6) is 23.0 Å². The molecule has 0 saturated heterocycles. The van der Waals surface area contributed by atoms with Crippen molar-refractivity contribution in [1.82, 2.24) is 9.97 Å². The lowest BCUT2D eigenvalue weighted by atomic mass is 9.67. The van der Waals surface area contributed by atoms with Gasteiger partial charge in [0, 0.05) is 16.5 Å². The first-order valence-corrected chi connectivity index (χ1v) is 18.6. The van der Waals surface area contributed by atoms with Gasteiger partial charge in [-0.3, -0.25) is 0 Å². The average Bonchev–Trinajstić information content (AvgIpc) is 3.55. The van der Waals surface area contributed by atoms with Crippen molar-refractivity contribution in [2.75, 3.05) is 0 Å². The highest BCUT2D eigenvalue weighted by Gasteiger charge is 2.47. The second-order valence-corrected chi connectivity index (χ2v) is 14.1. The Labute approximate surface area is 319 Å². The summed E-state index contributed by atoms with van der Waals surface area (Å²) < 4.78 is 13.4. The molecular weight excluding hydrogens is 673 g/mol. The maximum atomic E-state index is 6.70. The second-order valence-electron chi connectivity index (χ2n) is 14.1. The van der Waals surface area contributed by atoms with E-state index in [9.17, 15) is 0 Å². The van der Waals surface area contributed by atoms with E-state index in [2.05, 4.69) is 152 Å². The molecule has 1 aromatic heterocycles. The lowest BCUT2D eigenvalue weighted by molar-refractivity contribution is 0.359. The summed E-state index contributed by atoms with van der Waals surface area (Å²) in [6.45, 7) is 0. The Balaban J connectivity index is 0.957. The van der Waals surface area contributed by atoms with E-state index < -0.39 is 5.41 Å². The molecule has 0 amide bonds. The highest BCUT2D eigenvalue weighted by Crippen LogP contribution is 2.59. The molecule has 0 bridgehead atoms. The van der Waals surface area contributed by atoms with Crippen molar-refractivity contribution < 1.29 is 9.47 Å². The molecule has 0 spiro atoms. The summed E-state index contributed by atoms with van der Waals surface area (Å²) in [5.74, 6) is 3.47. The summed E-state index contributed by atoms with van der Waals surface area (Å²) in [6.07, 6.45) is 0. The molecule has 0 atom stereocenters. The molecule has 2 heterocycles. The van der Waals surface area contributed by atoms with Crippen LogP contribution in [-0.2, 0) is 5.41 Å². The van der Waals surface area contributed by atoms with Gasteiger partial charge in [0.15, 0.2) is 28.8 Å². The molecule has 9 aromatic rings. The first-order chi connectivity index (χ1) is 27.2. The Morgan fingerprint density at radius 2 is 0.945 bits per heavy atom. The maximum absolute atomic E-state index is 6.70.